The number of anilines is 2. The lowest BCUT2D eigenvalue weighted by atomic mass is 10.1. The normalized spacial score (nSPS) is 10.9. The molecule has 0 aliphatic rings. The molecule has 4 N–H and O–H groups in total. The summed E-state index contributed by atoms with van der Waals surface area (Å²) in [6.07, 6.45) is -0.985. The maximum atomic E-state index is 12.3. The molecule has 0 atom stereocenters. The van der Waals surface area contributed by atoms with E-state index in [0.29, 0.717) is 4.47 Å². The number of aliphatic hydroxyl groups excluding tert-OH is 1. The Balaban J connectivity index is 2.33. The van der Waals surface area contributed by atoms with Gasteiger partial charge in [0, 0.05) is 10.5 Å². The second-order valence-electron chi connectivity index (χ2n) is 5.13. The fraction of sp³-hybridized carbons (Fsp3) is 0.250. The fourth-order valence-electron chi connectivity index (χ4n) is 2.18. The Morgan fingerprint density at radius 2 is 1.96 bits per heavy atom. The Kier molecular flexibility index (Phi) is 6.91. The SMILES string of the molecule is CCOC(=O)N=NC(=O)c1ccc(Br)cc1Nc1cc(O)n(CCO)c1O. The van der Waals surface area contributed by atoms with Crippen molar-refractivity contribution in [2.45, 2.75) is 13.5 Å². The third-order valence-electron chi connectivity index (χ3n) is 3.34. The molecule has 0 bridgehead atoms. The lowest BCUT2D eigenvalue weighted by Gasteiger charge is -2.10. The zero-order valence-electron chi connectivity index (χ0n) is 14.2. The first-order valence-corrected chi connectivity index (χ1v) is 8.58. The average molecular weight is 441 g/mol. The second-order valence-corrected chi connectivity index (χ2v) is 6.05. The number of nitrogens with zero attached hydrogens (tertiary/aromatic N) is 3. The molecule has 0 radical (unpaired) electrons. The van der Waals surface area contributed by atoms with Crippen LogP contribution < -0.4 is 5.32 Å². The predicted octanol–water partition coefficient (Wildman–Crippen LogP) is 3.15. The van der Waals surface area contributed by atoms with Gasteiger partial charge in [0.05, 0.1) is 31.0 Å². The summed E-state index contributed by atoms with van der Waals surface area (Å²) in [6, 6.07) is 5.82. The summed E-state index contributed by atoms with van der Waals surface area (Å²) in [4.78, 5) is 23.5. The molecule has 0 saturated heterocycles. The number of nitrogens with one attached hydrogen (secondary N) is 1. The van der Waals surface area contributed by atoms with Crippen molar-refractivity contribution in [1.82, 2.24) is 4.57 Å². The third-order valence-corrected chi connectivity index (χ3v) is 3.84. The number of aromatic nitrogens is 1. The smallest absolute Gasteiger partial charge is 0.452 e. The summed E-state index contributed by atoms with van der Waals surface area (Å²) in [5.41, 5.74) is 0.420. The van der Waals surface area contributed by atoms with Crippen LogP contribution in [0.3, 0.4) is 0 Å². The van der Waals surface area contributed by atoms with Crippen LogP contribution in [0.25, 0.3) is 0 Å². The van der Waals surface area contributed by atoms with E-state index in [-0.39, 0.29) is 48.5 Å². The fourth-order valence-corrected chi connectivity index (χ4v) is 2.54. The van der Waals surface area contributed by atoms with Gasteiger partial charge in [0.25, 0.3) is 5.91 Å². The van der Waals surface area contributed by atoms with E-state index in [0.717, 1.165) is 4.57 Å². The Hall–Kier alpha value is -2.92. The topological polar surface area (TPSA) is 146 Å². The highest BCUT2D eigenvalue weighted by atomic mass is 79.9. The number of aromatic hydroxyl groups is 2. The molecular weight excluding hydrogens is 424 g/mol. The summed E-state index contributed by atoms with van der Waals surface area (Å²) in [7, 11) is 0. The minimum atomic E-state index is -0.985. The van der Waals surface area contributed by atoms with Crippen LogP contribution >= 0.6 is 15.9 Å². The molecule has 0 aliphatic carbocycles. The second kappa shape index (κ2) is 9.14. The highest BCUT2D eigenvalue weighted by Gasteiger charge is 2.18. The van der Waals surface area contributed by atoms with Gasteiger partial charge in [-0.05, 0) is 25.1 Å². The molecule has 1 aromatic heterocycles. The first-order valence-electron chi connectivity index (χ1n) is 7.79. The summed E-state index contributed by atoms with van der Waals surface area (Å²) >= 11 is 3.28. The van der Waals surface area contributed by atoms with Crippen LogP contribution in [0.1, 0.15) is 17.3 Å². The number of benzene rings is 1. The van der Waals surface area contributed by atoms with Gasteiger partial charge < -0.3 is 25.4 Å². The lowest BCUT2D eigenvalue weighted by Crippen LogP contribution is -2.04. The van der Waals surface area contributed by atoms with Gasteiger partial charge in [-0.25, -0.2) is 4.79 Å². The molecule has 11 heteroatoms. The van der Waals surface area contributed by atoms with Crippen molar-refractivity contribution < 1.29 is 29.6 Å². The van der Waals surface area contributed by atoms with Crippen LogP contribution in [0.2, 0.25) is 0 Å². The Morgan fingerprint density at radius 3 is 2.63 bits per heavy atom. The highest BCUT2D eigenvalue weighted by molar-refractivity contribution is 9.10. The van der Waals surface area contributed by atoms with E-state index in [1.54, 1.807) is 19.1 Å². The van der Waals surface area contributed by atoms with Crippen molar-refractivity contribution >= 4 is 39.3 Å². The Labute approximate surface area is 162 Å². The molecule has 1 heterocycles. The van der Waals surface area contributed by atoms with Crippen molar-refractivity contribution in [2.75, 3.05) is 18.5 Å². The van der Waals surface area contributed by atoms with E-state index in [1.165, 1.54) is 12.1 Å². The van der Waals surface area contributed by atoms with Gasteiger partial charge in [-0.2, -0.15) is 0 Å². The molecule has 0 unspecified atom stereocenters. The van der Waals surface area contributed by atoms with E-state index in [9.17, 15) is 19.8 Å². The number of hydrogen-bond acceptors (Lipinski definition) is 7. The minimum Gasteiger partial charge on any atom is -0.494 e. The summed E-state index contributed by atoms with van der Waals surface area (Å²) in [6.45, 7) is 1.39. The van der Waals surface area contributed by atoms with Gasteiger partial charge in [-0.3, -0.25) is 9.36 Å². The molecule has 0 spiro atoms. The highest BCUT2D eigenvalue weighted by Crippen LogP contribution is 2.36. The Morgan fingerprint density at radius 1 is 1.22 bits per heavy atom. The largest absolute Gasteiger partial charge is 0.494 e. The Bertz CT molecular complexity index is 880. The van der Waals surface area contributed by atoms with E-state index in [4.69, 9.17) is 5.11 Å². The quantitative estimate of drug-likeness (QED) is 0.504. The van der Waals surface area contributed by atoms with Crippen molar-refractivity contribution in [2.24, 2.45) is 10.2 Å². The maximum Gasteiger partial charge on any atom is 0.452 e. The number of halogens is 1. The van der Waals surface area contributed by atoms with Crippen LogP contribution in [0.4, 0.5) is 16.2 Å². The number of hydrogen-bond donors (Lipinski definition) is 4. The van der Waals surface area contributed by atoms with Crippen LogP contribution in [0.15, 0.2) is 39.0 Å². The molecule has 10 nitrogen and oxygen atoms in total. The van der Waals surface area contributed by atoms with Gasteiger partial charge >= 0.3 is 6.09 Å². The monoisotopic (exact) mass is 440 g/mol. The number of carbonyl (C=O) groups is 2. The first kappa shape index (κ1) is 20.4. The molecule has 27 heavy (non-hydrogen) atoms. The van der Waals surface area contributed by atoms with Gasteiger partial charge in [0.1, 0.15) is 5.69 Å². The number of amides is 2. The van der Waals surface area contributed by atoms with E-state index >= 15 is 0 Å². The zero-order valence-corrected chi connectivity index (χ0v) is 15.8. The third kappa shape index (κ3) is 5.05. The summed E-state index contributed by atoms with van der Waals surface area (Å²) in [5, 5.41) is 38.3. The molecular formula is C16H17BrN4O6. The van der Waals surface area contributed by atoms with E-state index < -0.39 is 12.0 Å². The summed E-state index contributed by atoms with van der Waals surface area (Å²) in [5.74, 6) is -1.40. The van der Waals surface area contributed by atoms with Gasteiger partial charge in [0.2, 0.25) is 5.88 Å². The van der Waals surface area contributed by atoms with Gasteiger partial charge in [0.15, 0.2) is 5.88 Å². The lowest BCUT2D eigenvalue weighted by molar-refractivity contribution is 0.0989. The summed E-state index contributed by atoms with van der Waals surface area (Å²) < 4.78 is 6.28. The van der Waals surface area contributed by atoms with Gasteiger partial charge in [-0.15, -0.1) is 0 Å². The molecule has 2 aromatic rings. The molecule has 1 aromatic carbocycles. The zero-order chi connectivity index (χ0) is 20.0. The van der Waals surface area contributed by atoms with Crippen LogP contribution in [-0.4, -0.2) is 45.1 Å². The molecule has 144 valence electrons. The van der Waals surface area contributed by atoms with Gasteiger partial charge in [-0.1, -0.05) is 26.2 Å². The maximum absolute atomic E-state index is 12.3. The van der Waals surface area contributed by atoms with E-state index in [1.807, 2.05) is 0 Å². The first-order chi connectivity index (χ1) is 12.9. The predicted molar refractivity (Wildman–Crippen MR) is 98.5 cm³/mol. The molecule has 2 amide bonds. The minimum absolute atomic E-state index is 0.0165. The molecule has 2 rings (SSSR count). The average Bonchev–Trinajstić information content (AvgIpc) is 2.88. The van der Waals surface area contributed by atoms with E-state index in [2.05, 4.69) is 36.2 Å². The number of rotatable bonds is 6. The van der Waals surface area contributed by atoms with Crippen molar-refractivity contribution in [1.29, 1.82) is 0 Å². The number of aliphatic hydroxyl groups is 1. The number of ether oxygens (including phenoxy) is 1. The number of carbonyl (C=O) groups excluding carboxylic acids is 2. The molecule has 0 fully saturated rings. The van der Waals surface area contributed by atoms with Crippen LogP contribution in [0.5, 0.6) is 11.8 Å². The molecule has 0 saturated carbocycles. The number of azo groups is 1. The van der Waals surface area contributed by atoms with Crippen LogP contribution in [0, 0.1) is 0 Å². The van der Waals surface area contributed by atoms with Crippen molar-refractivity contribution in [3.63, 3.8) is 0 Å². The van der Waals surface area contributed by atoms with Crippen LogP contribution in [-0.2, 0) is 11.3 Å². The molecule has 0 aliphatic heterocycles. The standard InChI is InChI=1S/C16H17BrN4O6/c1-2-27-16(26)20-19-14(24)10-4-3-9(17)7-11(10)18-12-8-13(23)21(5-6-22)15(12)25/h3-4,7-8,18,22-23,25H,2,5-6H2,1H3. The van der Waals surface area contributed by atoms with Crippen molar-refractivity contribution in [3.05, 3.63) is 34.3 Å². The van der Waals surface area contributed by atoms with Crippen molar-refractivity contribution in [3.8, 4) is 11.8 Å².